The van der Waals surface area contributed by atoms with Crippen molar-refractivity contribution in [1.29, 1.82) is 0 Å². The number of esters is 6. The molecule has 336 valence electrons. The number of hydrogen-bond donors (Lipinski definition) is 0. The summed E-state index contributed by atoms with van der Waals surface area (Å²) in [5.41, 5.74) is 2.64. The summed E-state index contributed by atoms with van der Waals surface area (Å²) in [4.78, 5) is 76.4. The monoisotopic (exact) mass is 916 g/mol. The fourth-order valence-corrected chi connectivity index (χ4v) is 8.04. The average Bonchev–Trinajstić information content (AvgIpc) is 3.33. The lowest BCUT2D eigenvalue weighted by Gasteiger charge is -2.26. The van der Waals surface area contributed by atoms with Crippen LogP contribution in [0.4, 0.5) is 0 Å². The van der Waals surface area contributed by atoms with Gasteiger partial charge in [0, 0.05) is 56.6 Å². The van der Waals surface area contributed by atoms with E-state index in [-0.39, 0.29) is 28.6 Å². The molecule has 5 rings (SSSR count). The highest BCUT2D eigenvalue weighted by molar-refractivity contribution is 7.99. The first-order valence-electron chi connectivity index (χ1n) is 20.8. The first-order valence-corrected chi connectivity index (χ1v) is 22.7. The van der Waals surface area contributed by atoms with Crippen LogP contribution in [-0.4, -0.2) is 74.8 Å². The summed E-state index contributed by atoms with van der Waals surface area (Å²) in [5.74, 6) is 9.67. The largest absolute Gasteiger partial charge is 0.466 e. The molecule has 0 N–H and O–H groups in total. The number of carbonyl (C=O) groups is 6. The van der Waals surface area contributed by atoms with Crippen LogP contribution < -0.4 is 9.47 Å². The van der Waals surface area contributed by atoms with Crippen molar-refractivity contribution in [3.8, 4) is 35.2 Å². The molecule has 14 heteroatoms. The van der Waals surface area contributed by atoms with Crippen LogP contribution in [0, 0.1) is 35.5 Å². The molecule has 1 saturated carbocycles. The van der Waals surface area contributed by atoms with Crippen molar-refractivity contribution in [2.45, 2.75) is 55.2 Å². The minimum absolute atomic E-state index is 0.0380. The standard InChI is InChI=1S/C51H48O12S2/c1-5-47(53)61-29-7-31-65-42-24-14-36(15-25-42)9-11-38-17-27-46(44(33-38)51(57)59-4)63-49(55)40-20-18-39(19-21-40)48(54)62-45-26-16-37(32-43(45)50(56)58-3)10-8-35-12-22-41(23-13-35)64-30-6-28-60-34(2)52/h5,12-17,22-27,32-33,39-40H,1,6-7,18-21,28-31H2,2-4H3. The van der Waals surface area contributed by atoms with Crippen molar-refractivity contribution < 1.29 is 57.2 Å². The SMILES string of the molecule is C=CC(=O)OCCCSc1ccc(C#Cc2ccc(OC(=O)C3CCC(C(=O)Oc4ccc(C#Cc5ccc(SCCCOC(C)=O)cc5)cc4C(=O)OC)CC3)c(C(=O)OC)c2)cc1. The summed E-state index contributed by atoms with van der Waals surface area (Å²) in [7, 11) is 2.47. The lowest BCUT2D eigenvalue weighted by atomic mass is 9.82. The molecule has 0 heterocycles. The van der Waals surface area contributed by atoms with Crippen LogP contribution in [-0.2, 0) is 38.1 Å². The normalized spacial score (nSPS) is 13.9. The van der Waals surface area contributed by atoms with Crippen LogP contribution in [0.3, 0.4) is 0 Å². The Labute approximate surface area is 387 Å². The van der Waals surface area contributed by atoms with Gasteiger partial charge in [-0.15, -0.1) is 23.5 Å². The highest BCUT2D eigenvalue weighted by atomic mass is 32.2. The molecule has 0 aromatic heterocycles. The zero-order valence-corrected chi connectivity index (χ0v) is 37.9. The second kappa shape index (κ2) is 25.5. The minimum atomic E-state index is -0.693. The van der Waals surface area contributed by atoms with Crippen LogP contribution in [0.15, 0.2) is 107 Å². The topological polar surface area (TPSA) is 158 Å². The van der Waals surface area contributed by atoms with Gasteiger partial charge >= 0.3 is 35.8 Å². The van der Waals surface area contributed by atoms with Gasteiger partial charge in [0.25, 0.3) is 0 Å². The Morgan fingerprint density at radius 3 is 1.35 bits per heavy atom. The lowest BCUT2D eigenvalue weighted by Crippen LogP contribution is -2.31. The number of carbonyl (C=O) groups excluding carboxylic acids is 6. The molecule has 1 aliphatic rings. The van der Waals surface area contributed by atoms with Crippen molar-refractivity contribution in [2.75, 3.05) is 38.9 Å². The maximum absolute atomic E-state index is 13.4. The molecule has 0 radical (unpaired) electrons. The molecule has 1 aliphatic carbocycles. The van der Waals surface area contributed by atoms with Crippen molar-refractivity contribution in [3.05, 3.63) is 131 Å². The molecule has 0 bridgehead atoms. The second-order valence-corrected chi connectivity index (χ2v) is 16.8. The van der Waals surface area contributed by atoms with Gasteiger partial charge in [0.15, 0.2) is 0 Å². The zero-order chi connectivity index (χ0) is 46.6. The van der Waals surface area contributed by atoms with E-state index in [0.29, 0.717) is 56.4 Å². The van der Waals surface area contributed by atoms with Crippen molar-refractivity contribution >= 4 is 59.3 Å². The molecule has 0 spiro atoms. The van der Waals surface area contributed by atoms with Gasteiger partial charge in [0.2, 0.25) is 0 Å². The number of rotatable bonds is 17. The smallest absolute Gasteiger partial charge is 0.341 e. The highest BCUT2D eigenvalue weighted by Gasteiger charge is 2.33. The molecule has 0 unspecified atom stereocenters. The molecule has 4 aromatic rings. The second-order valence-electron chi connectivity index (χ2n) is 14.5. The van der Waals surface area contributed by atoms with Crippen LogP contribution in [0.25, 0.3) is 0 Å². The molecule has 0 atom stereocenters. The first kappa shape index (κ1) is 49.3. The molecule has 1 fully saturated rings. The highest BCUT2D eigenvalue weighted by Crippen LogP contribution is 2.33. The third-order valence-corrected chi connectivity index (χ3v) is 12.0. The van der Waals surface area contributed by atoms with E-state index in [1.54, 1.807) is 35.7 Å². The Morgan fingerprint density at radius 2 is 0.969 bits per heavy atom. The first-order chi connectivity index (χ1) is 31.5. The Bertz CT molecular complexity index is 2480. The van der Waals surface area contributed by atoms with Gasteiger partial charge in [-0.25, -0.2) is 14.4 Å². The summed E-state index contributed by atoms with van der Waals surface area (Å²) in [5, 5.41) is 0. The third-order valence-electron chi connectivity index (χ3n) is 9.83. The van der Waals surface area contributed by atoms with Crippen molar-refractivity contribution in [2.24, 2.45) is 11.8 Å². The van der Waals surface area contributed by atoms with Gasteiger partial charge in [-0.05, 0) is 123 Å². The number of thioether (sulfide) groups is 2. The molecule has 0 amide bonds. The van der Waals surface area contributed by atoms with E-state index in [9.17, 15) is 28.8 Å². The Balaban J connectivity index is 1.13. The van der Waals surface area contributed by atoms with E-state index >= 15 is 0 Å². The Morgan fingerprint density at radius 1 is 0.585 bits per heavy atom. The van der Waals surface area contributed by atoms with Gasteiger partial charge in [0.05, 0.1) is 39.3 Å². The summed E-state index contributed by atoms with van der Waals surface area (Å²) in [6.45, 7) is 5.48. The molecular weight excluding hydrogens is 869 g/mol. The minimum Gasteiger partial charge on any atom is -0.466 e. The number of ether oxygens (including phenoxy) is 6. The van der Waals surface area contributed by atoms with Gasteiger partial charge in [0.1, 0.15) is 22.6 Å². The Hall–Kier alpha value is -6.74. The van der Waals surface area contributed by atoms with Gasteiger partial charge in [-0.2, -0.15) is 0 Å². The maximum Gasteiger partial charge on any atom is 0.341 e. The summed E-state index contributed by atoms with van der Waals surface area (Å²) in [6.07, 6.45) is 3.95. The lowest BCUT2D eigenvalue weighted by molar-refractivity contribution is -0.145. The van der Waals surface area contributed by atoms with Gasteiger partial charge in [-0.3, -0.25) is 14.4 Å². The number of hydrogen-bond acceptors (Lipinski definition) is 14. The zero-order valence-electron chi connectivity index (χ0n) is 36.3. The van der Waals surface area contributed by atoms with Crippen LogP contribution in [0.5, 0.6) is 11.5 Å². The number of benzene rings is 4. The predicted molar refractivity (Wildman–Crippen MR) is 246 cm³/mol. The van der Waals surface area contributed by atoms with Crippen LogP contribution >= 0.6 is 23.5 Å². The van der Waals surface area contributed by atoms with E-state index in [1.807, 2.05) is 48.5 Å². The summed E-state index contributed by atoms with van der Waals surface area (Å²) in [6, 6.07) is 24.7. The molecule has 4 aromatic carbocycles. The predicted octanol–water partition coefficient (Wildman–Crippen LogP) is 8.63. The molecule has 0 aliphatic heterocycles. The quantitative estimate of drug-likeness (QED) is 0.0189. The summed E-state index contributed by atoms with van der Waals surface area (Å²) >= 11 is 3.28. The van der Waals surface area contributed by atoms with Gasteiger partial charge < -0.3 is 28.4 Å². The molecule has 65 heavy (non-hydrogen) atoms. The van der Waals surface area contributed by atoms with E-state index < -0.39 is 41.7 Å². The fourth-order valence-electron chi connectivity index (χ4n) is 6.38. The van der Waals surface area contributed by atoms with Gasteiger partial charge in [-0.1, -0.05) is 30.3 Å². The third kappa shape index (κ3) is 15.8. The van der Waals surface area contributed by atoms with E-state index in [0.717, 1.165) is 44.9 Å². The van der Waals surface area contributed by atoms with E-state index in [4.69, 9.17) is 28.4 Å². The fraction of sp³-hybridized carbons (Fsp3) is 0.294. The van der Waals surface area contributed by atoms with Crippen LogP contribution in [0.2, 0.25) is 0 Å². The maximum atomic E-state index is 13.4. The average molecular weight is 917 g/mol. The van der Waals surface area contributed by atoms with Crippen molar-refractivity contribution in [3.63, 3.8) is 0 Å². The van der Waals surface area contributed by atoms with E-state index in [1.165, 1.54) is 45.4 Å². The molecular formula is C51H48O12S2. The molecule has 0 saturated heterocycles. The van der Waals surface area contributed by atoms with Crippen LogP contribution in [0.1, 0.15) is 88.4 Å². The summed E-state index contributed by atoms with van der Waals surface area (Å²) < 4.78 is 31.4. The van der Waals surface area contributed by atoms with E-state index in [2.05, 4.69) is 30.3 Å². The Kier molecular flexibility index (Phi) is 19.4. The molecule has 12 nitrogen and oxygen atoms in total. The number of methoxy groups -OCH3 is 2. The van der Waals surface area contributed by atoms with Crippen molar-refractivity contribution in [1.82, 2.24) is 0 Å².